The second kappa shape index (κ2) is 7.97. The van der Waals surface area contributed by atoms with Crippen molar-refractivity contribution in [3.8, 4) is 0 Å². The number of rotatable bonds is 4. The van der Waals surface area contributed by atoms with Gasteiger partial charge in [-0.2, -0.15) is 18.3 Å². The molecule has 1 N–H and O–H groups in total. The van der Waals surface area contributed by atoms with Crippen LogP contribution in [-0.2, 0) is 6.54 Å². The molecule has 2 aromatic heterocycles. The van der Waals surface area contributed by atoms with Gasteiger partial charge in [-0.05, 0) is 56.3 Å². The van der Waals surface area contributed by atoms with Crippen LogP contribution in [-0.4, -0.2) is 45.0 Å². The highest BCUT2D eigenvalue weighted by Crippen LogP contribution is 2.41. The summed E-state index contributed by atoms with van der Waals surface area (Å²) in [6.45, 7) is 6.61. The number of nitrogens with zero attached hydrogens (tertiary/aromatic N) is 4. The molecule has 0 radical (unpaired) electrons. The van der Waals surface area contributed by atoms with E-state index in [4.69, 9.17) is 0 Å². The van der Waals surface area contributed by atoms with Crippen molar-refractivity contribution in [1.29, 1.82) is 0 Å². The number of likely N-dealkylation sites (tertiary alicyclic amines) is 1. The van der Waals surface area contributed by atoms with E-state index in [-0.39, 0.29) is 18.4 Å². The molecule has 4 rings (SSSR count). The fraction of sp³-hybridized carbons (Fsp3) is 0.619. The van der Waals surface area contributed by atoms with E-state index in [9.17, 15) is 13.2 Å². The molecular formula is C21H28F3N5. The minimum atomic E-state index is -4.29. The molecule has 0 bridgehead atoms. The van der Waals surface area contributed by atoms with E-state index in [0.29, 0.717) is 12.2 Å². The van der Waals surface area contributed by atoms with Crippen molar-refractivity contribution < 1.29 is 13.2 Å². The van der Waals surface area contributed by atoms with Crippen LogP contribution in [0.3, 0.4) is 0 Å². The Bertz CT molecular complexity index is 847. The zero-order chi connectivity index (χ0) is 20.6. The van der Waals surface area contributed by atoms with Gasteiger partial charge in [-0.3, -0.25) is 9.88 Å². The van der Waals surface area contributed by atoms with E-state index in [1.165, 1.54) is 10.2 Å². The molecule has 4 heterocycles. The Morgan fingerprint density at radius 1 is 1.31 bits per heavy atom. The number of hydrogen-bond donors (Lipinski definition) is 1. The molecule has 29 heavy (non-hydrogen) atoms. The average Bonchev–Trinajstić information content (AvgIpc) is 3.12. The molecule has 2 aromatic rings. The zero-order valence-corrected chi connectivity index (χ0v) is 16.9. The molecule has 2 aliphatic heterocycles. The lowest BCUT2D eigenvalue weighted by Gasteiger charge is -2.33. The second-order valence-corrected chi connectivity index (χ2v) is 8.32. The Morgan fingerprint density at radius 3 is 2.86 bits per heavy atom. The van der Waals surface area contributed by atoms with Crippen LogP contribution >= 0.6 is 0 Å². The third kappa shape index (κ3) is 4.27. The number of hydrogen-bond acceptors (Lipinski definition) is 4. The molecule has 1 saturated heterocycles. The van der Waals surface area contributed by atoms with E-state index in [1.54, 1.807) is 6.20 Å². The number of pyridine rings is 1. The first-order valence-electron chi connectivity index (χ1n) is 10.4. The van der Waals surface area contributed by atoms with Crippen LogP contribution in [0.25, 0.3) is 0 Å². The highest BCUT2D eigenvalue weighted by atomic mass is 19.4. The number of nitrogens with one attached hydrogen (secondary N) is 1. The van der Waals surface area contributed by atoms with Crippen LogP contribution in [0.1, 0.15) is 61.4 Å². The first-order chi connectivity index (χ1) is 13.8. The number of anilines is 1. The van der Waals surface area contributed by atoms with Crippen molar-refractivity contribution in [2.45, 2.75) is 70.3 Å². The second-order valence-electron chi connectivity index (χ2n) is 8.32. The van der Waals surface area contributed by atoms with Gasteiger partial charge in [-0.15, -0.1) is 0 Å². The van der Waals surface area contributed by atoms with Crippen LogP contribution in [0.4, 0.5) is 19.0 Å². The molecule has 0 aromatic carbocycles. The monoisotopic (exact) mass is 407 g/mol. The third-order valence-corrected chi connectivity index (χ3v) is 6.23. The van der Waals surface area contributed by atoms with E-state index in [1.807, 2.05) is 25.3 Å². The topological polar surface area (TPSA) is 46.0 Å². The molecule has 1 fully saturated rings. The standard InChI is InChI=1S/C21H28F3N5/c1-3-17-9-19(21(22,23)24)29-20(26-17)10-18(27-29)16-5-4-8-28(13-16)12-15-6-7-25-11-14(15)2/h6-7,10-11,16-17,19,26H,3-5,8-9,12-13H2,1-2H3/t16-,17+,19+/m0/s1. The summed E-state index contributed by atoms with van der Waals surface area (Å²) in [5.41, 5.74) is 3.18. The van der Waals surface area contributed by atoms with E-state index < -0.39 is 12.2 Å². The maximum atomic E-state index is 13.6. The zero-order valence-electron chi connectivity index (χ0n) is 16.9. The van der Waals surface area contributed by atoms with Crippen molar-refractivity contribution in [2.24, 2.45) is 0 Å². The number of piperidine rings is 1. The molecule has 158 valence electrons. The fourth-order valence-electron chi connectivity index (χ4n) is 4.50. The molecule has 0 saturated carbocycles. The summed E-state index contributed by atoms with van der Waals surface area (Å²) in [5, 5.41) is 7.69. The van der Waals surface area contributed by atoms with Gasteiger partial charge < -0.3 is 5.32 Å². The van der Waals surface area contributed by atoms with Gasteiger partial charge in [0, 0.05) is 43.5 Å². The number of aromatic nitrogens is 3. The van der Waals surface area contributed by atoms with Crippen molar-refractivity contribution in [3.63, 3.8) is 0 Å². The largest absolute Gasteiger partial charge is 0.410 e. The minimum absolute atomic E-state index is 0.0340. The Balaban J connectivity index is 1.53. The average molecular weight is 407 g/mol. The maximum Gasteiger partial charge on any atom is 0.410 e. The van der Waals surface area contributed by atoms with Crippen LogP contribution in [0.15, 0.2) is 24.5 Å². The lowest BCUT2D eigenvalue weighted by Crippen LogP contribution is -2.39. The highest BCUT2D eigenvalue weighted by molar-refractivity contribution is 5.42. The molecule has 2 aliphatic rings. The lowest BCUT2D eigenvalue weighted by atomic mass is 9.94. The number of halogens is 3. The molecule has 3 atom stereocenters. The molecular weight excluding hydrogens is 379 g/mol. The molecule has 0 unspecified atom stereocenters. The van der Waals surface area contributed by atoms with Crippen LogP contribution < -0.4 is 5.32 Å². The van der Waals surface area contributed by atoms with Gasteiger partial charge in [0.25, 0.3) is 0 Å². The molecule has 0 spiro atoms. The molecule has 8 heteroatoms. The van der Waals surface area contributed by atoms with Crippen LogP contribution in [0.5, 0.6) is 0 Å². The first-order valence-corrected chi connectivity index (χ1v) is 10.4. The van der Waals surface area contributed by atoms with Crippen LogP contribution in [0.2, 0.25) is 0 Å². The van der Waals surface area contributed by atoms with Gasteiger partial charge in [-0.25, -0.2) is 4.68 Å². The predicted octanol–water partition coefficient (Wildman–Crippen LogP) is 4.66. The summed E-state index contributed by atoms with van der Waals surface area (Å²) < 4.78 is 42.0. The number of fused-ring (bicyclic) bond motifs is 1. The SMILES string of the molecule is CC[C@@H]1C[C@H](C(F)(F)F)n2nc([C@H]3CCCN(Cc4ccncc4C)C3)cc2N1. The van der Waals surface area contributed by atoms with Crippen molar-refractivity contribution in [2.75, 3.05) is 18.4 Å². The highest BCUT2D eigenvalue weighted by Gasteiger charge is 2.46. The summed E-state index contributed by atoms with van der Waals surface area (Å²) in [6.07, 6.45) is 2.06. The quantitative estimate of drug-likeness (QED) is 0.801. The van der Waals surface area contributed by atoms with Gasteiger partial charge in [-0.1, -0.05) is 6.92 Å². The van der Waals surface area contributed by atoms with Crippen LogP contribution in [0, 0.1) is 6.92 Å². The van der Waals surface area contributed by atoms with E-state index in [0.717, 1.165) is 43.7 Å². The lowest BCUT2D eigenvalue weighted by molar-refractivity contribution is -0.173. The fourth-order valence-corrected chi connectivity index (χ4v) is 4.50. The van der Waals surface area contributed by atoms with Crippen molar-refractivity contribution in [1.82, 2.24) is 19.7 Å². The Hall–Kier alpha value is -2.09. The van der Waals surface area contributed by atoms with Gasteiger partial charge in [0.05, 0.1) is 5.69 Å². The smallest absolute Gasteiger partial charge is 0.367 e. The first kappa shape index (κ1) is 20.2. The van der Waals surface area contributed by atoms with Crippen molar-refractivity contribution >= 4 is 5.82 Å². The summed E-state index contributed by atoms with van der Waals surface area (Å²) >= 11 is 0. The van der Waals surface area contributed by atoms with Gasteiger partial charge >= 0.3 is 6.18 Å². The predicted molar refractivity (Wildman–Crippen MR) is 106 cm³/mol. The minimum Gasteiger partial charge on any atom is -0.367 e. The third-order valence-electron chi connectivity index (χ3n) is 6.23. The molecule has 0 aliphatic carbocycles. The molecule has 5 nitrogen and oxygen atoms in total. The van der Waals surface area contributed by atoms with E-state index >= 15 is 0 Å². The van der Waals surface area contributed by atoms with Gasteiger partial charge in [0.2, 0.25) is 0 Å². The number of aryl methyl sites for hydroxylation is 1. The summed E-state index contributed by atoms with van der Waals surface area (Å²) in [6, 6.07) is 2.16. The summed E-state index contributed by atoms with van der Waals surface area (Å²) in [7, 11) is 0. The Kier molecular flexibility index (Phi) is 5.55. The Morgan fingerprint density at radius 2 is 2.14 bits per heavy atom. The molecule has 0 amide bonds. The summed E-state index contributed by atoms with van der Waals surface area (Å²) in [4.78, 5) is 6.52. The Labute approximate surface area is 169 Å². The van der Waals surface area contributed by atoms with Crippen molar-refractivity contribution in [3.05, 3.63) is 41.3 Å². The van der Waals surface area contributed by atoms with E-state index in [2.05, 4.69) is 27.2 Å². The number of alkyl halides is 3. The van der Waals surface area contributed by atoms with Gasteiger partial charge in [0.15, 0.2) is 6.04 Å². The maximum absolute atomic E-state index is 13.6. The normalized spacial score (nSPS) is 25.5. The van der Waals surface area contributed by atoms with Gasteiger partial charge in [0.1, 0.15) is 5.82 Å². The summed E-state index contributed by atoms with van der Waals surface area (Å²) in [5.74, 6) is 0.655.